The van der Waals surface area contributed by atoms with Gasteiger partial charge >= 0.3 is 6.09 Å². The van der Waals surface area contributed by atoms with Crippen LogP contribution in [0.4, 0.5) is 16.2 Å². The summed E-state index contributed by atoms with van der Waals surface area (Å²) in [6.45, 7) is 5.78. The minimum Gasteiger partial charge on any atom is -0.465 e. The van der Waals surface area contributed by atoms with Crippen LogP contribution < -0.4 is 5.32 Å². The van der Waals surface area contributed by atoms with Crippen LogP contribution in [-0.4, -0.2) is 16.1 Å². The van der Waals surface area contributed by atoms with Crippen LogP contribution in [0.15, 0.2) is 18.2 Å². The number of amides is 1. The third kappa shape index (κ3) is 3.17. The van der Waals surface area contributed by atoms with Crippen molar-refractivity contribution in [3.8, 4) is 0 Å². The number of hydrogen-bond donors (Lipinski definition) is 2. The Kier molecular flexibility index (Phi) is 3.36. The topological polar surface area (TPSA) is 92.5 Å². The molecule has 92 valence electrons. The van der Waals surface area contributed by atoms with Crippen LogP contribution in [0.25, 0.3) is 0 Å². The number of benzene rings is 1. The SMILES string of the molecule is CC(C)(C)c1ccc(NC(=O)O)c([N+](=O)[O-])c1. The van der Waals surface area contributed by atoms with Crippen LogP contribution in [0.5, 0.6) is 0 Å². The van der Waals surface area contributed by atoms with Crippen molar-refractivity contribution in [2.75, 3.05) is 5.32 Å². The van der Waals surface area contributed by atoms with E-state index in [0.29, 0.717) is 0 Å². The van der Waals surface area contributed by atoms with Crippen molar-refractivity contribution in [2.45, 2.75) is 26.2 Å². The summed E-state index contributed by atoms with van der Waals surface area (Å²) in [4.78, 5) is 20.7. The zero-order chi connectivity index (χ0) is 13.2. The molecule has 17 heavy (non-hydrogen) atoms. The van der Waals surface area contributed by atoms with Crippen molar-refractivity contribution in [1.29, 1.82) is 0 Å². The highest BCUT2D eigenvalue weighted by Gasteiger charge is 2.21. The Hall–Kier alpha value is -2.11. The molecule has 0 aliphatic carbocycles. The molecule has 0 spiro atoms. The largest absolute Gasteiger partial charge is 0.465 e. The molecule has 0 unspecified atom stereocenters. The van der Waals surface area contributed by atoms with Gasteiger partial charge in [-0.25, -0.2) is 4.79 Å². The summed E-state index contributed by atoms with van der Waals surface area (Å²) in [6.07, 6.45) is -1.32. The van der Waals surface area contributed by atoms with Crippen molar-refractivity contribution in [2.24, 2.45) is 0 Å². The second-order valence-electron chi connectivity index (χ2n) is 4.67. The van der Waals surface area contributed by atoms with Gasteiger partial charge < -0.3 is 5.11 Å². The molecule has 0 saturated carbocycles. The van der Waals surface area contributed by atoms with E-state index in [0.717, 1.165) is 5.56 Å². The van der Waals surface area contributed by atoms with Gasteiger partial charge in [-0.05, 0) is 17.0 Å². The number of anilines is 1. The number of carbonyl (C=O) groups is 1. The van der Waals surface area contributed by atoms with Crippen LogP contribution in [0.1, 0.15) is 26.3 Å². The van der Waals surface area contributed by atoms with Gasteiger partial charge in [0, 0.05) is 6.07 Å². The van der Waals surface area contributed by atoms with E-state index in [1.165, 1.54) is 12.1 Å². The van der Waals surface area contributed by atoms with Gasteiger partial charge in [-0.2, -0.15) is 0 Å². The van der Waals surface area contributed by atoms with Crippen molar-refractivity contribution in [3.05, 3.63) is 33.9 Å². The number of nitro groups is 1. The first-order chi connectivity index (χ1) is 7.71. The Bertz CT molecular complexity index is 463. The Labute approximate surface area is 98.4 Å². The Morgan fingerprint density at radius 1 is 1.41 bits per heavy atom. The molecule has 0 aliphatic rings. The number of hydrogen-bond acceptors (Lipinski definition) is 3. The maximum absolute atomic E-state index is 10.9. The van der Waals surface area contributed by atoms with E-state index in [2.05, 4.69) is 0 Å². The average molecular weight is 238 g/mol. The Morgan fingerprint density at radius 2 is 2.00 bits per heavy atom. The van der Waals surface area contributed by atoms with Crippen LogP contribution >= 0.6 is 0 Å². The highest BCUT2D eigenvalue weighted by atomic mass is 16.6. The zero-order valence-corrected chi connectivity index (χ0v) is 9.85. The van der Waals surface area contributed by atoms with Gasteiger partial charge in [-0.15, -0.1) is 0 Å². The molecule has 0 heterocycles. The Morgan fingerprint density at radius 3 is 2.41 bits per heavy atom. The highest BCUT2D eigenvalue weighted by molar-refractivity contribution is 5.86. The van der Waals surface area contributed by atoms with E-state index >= 15 is 0 Å². The van der Waals surface area contributed by atoms with Gasteiger partial charge in [-0.1, -0.05) is 26.8 Å². The number of nitrogens with zero attached hydrogens (tertiary/aromatic N) is 1. The summed E-state index contributed by atoms with van der Waals surface area (Å²) in [5.41, 5.74) is 0.294. The minimum absolute atomic E-state index is 0.0181. The quantitative estimate of drug-likeness (QED) is 0.611. The Balaban J connectivity index is 3.27. The fourth-order valence-corrected chi connectivity index (χ4v) is 1.37. The standard InChI is InChI=1S/C11H14N2O4/c1-11(2,3)7-4-5-8(12-10(14)15)9(6-7)13(16)17/h4-6,12H,1-3H3,(H,14,15). The lowest BCUT2D eigenvalue weighted by molar-refractivity contribution is -0.384. The van der Waals surface area contributed by atoms with Gasteiger partial charge in [-0.3, -0.25) is 15.4 Å². The first kappa shape index (κ1) is 13.0. The number of carboxylic acid groups (broad SMARTS) is 1. The van der Waals surface area contributed by atoms with E-state index in [4.69, 9.17) is 5.11 Å². The fraction of sp³-hybridized carbons (Fsp3) is 0.364. The number of rotatable bonds is 2. The first-order valence-electron chi connectivity index (χ1n) is 5.00. The lowest BCUT2D eigenvalue weighted by atomic mass is 9.86. The fourth-order valence-electron chi connectivity index (χ4n) is 1.37. The molecule has 6 heteroatoms. The van der Waals surface area contributed by atoms with Gasteiger partial charge in [0.2, 0.25) is 0 Å². The summed E-state index contributed by atoms with van der Waals surface area (Å²) in [5.74, 6) is 0. The minimum atomic E-state index is -1.32. The molecule has 1 rings (SSSR count). The second kappa shape index (κ2) is 4.40. The molecule has 0 atom stereocenters. The molecule has 1 amide bonds. The van der Waals surface area contributed by atoms with Gasteiger partial charge in [0.05, 0.1) is 4.92 Å². The number of nitro benzene ring substituents is 1. The van der Waals surface area contributed by atoms with E-state index in [-0.39, 0.29) is 16.8 Å². The molecule has 0 aliphatic heterocycles. The molecule has 2 N–H and O–H groups in total. The van der Waals surface area contributed by atoms with Crippen molar-refractivity contribution >= 4 is 17.5 Å². The lowest BCUT2D eigenvalue weighted by Crippen LogP contribution is -2.13. The zero-order valence-electron chi connectivity index (χ0n) is 9.85. The van der Waals surface area contributed by atoms with Crippen LogP contribution in [0.3, 0.4) is 0 Å². The molecule has 0 bridgehead atoms. The molecule has 0 fully saturated rings. The summed E-state index contributed by atoms with van der Waals surface area (Å²) < 4.78 is 0. The lowest BCUT2D eigenvalue weighted by Gasteiger charge is -2.19. The smallest absolute Gasteiger partial charge is 0.409 e. The average Bonchev–Trinajstić information content (AvgIpc) is 2.15. The molecule has 1 aromatic carbocycles. The van der Waals surface area contributed by atoms with Gasteiger partial charge in [0.15, 0.2) is 0 Å². The third-order valence-electron chi connectivity index (χ3n) is 2.30. The normalized spacial score (nSPS) is 11.0. The molecule has 6 nitrogen and oxygen atoms in total. The summed E-state index contributed by atoms with van der Waals surface area (Å²) in [6, 6.07) is 4.48. The number of nitrogens with one attached hydrogen (secondary N) is 1. The van der Waals surface area contributed by atoms with Crippen molar-refractivity contribution in [3.63, 3.8) is 0 Å². The van der Waals surface area contributed by atoms with Crippen LogP contribution in [-0.2, 0) is 5.41 Å². The van der Waals surface area contributed by atoms with Crippen molar-refractivity contribution < 1.29 is 14.8 Å². The third-order valence-corrected chi connectivity index (χ3v) is 2.30. The molecule has 1 aromatic rings. The van der Waals surface area contributed by atoms with E-state index in [1.54, 1.807) is 6.07 Å². The van der Waals surface area contributed by atoms with Crippen LogP contribution in [0.2, 0.25) is 0 Å². The first-order valence-corrected chi connectivity index (χ1v) is 5.00. The molecule has 0 aromatic heterocycles. The summed E-state index contributed by atoms with van der Waals surface area (Å²) in [5, 5.41) is 21.4. The van der Waals surface area contributed by atoms with E-state index in [1.807, 2.05) is 26.1 Å². The molecular weight excluding hydrogens is 224 g/mol. The second-order valence-corrected chi connectivity index (χ2v) is 4.67. The van der Waals surface area contributed by atoms with E-state index < -0.39 is 11.0 Å². The van der Waals surface area contributed by atoms with Gasteiger partial charge in [0.25, 0.3) is 5.69 Å². The van der Waals surface area contributed by atoms with Crippen molar-refractivity contribution in [1.82, 2.24) is 0 Å². The molecule has 0 radical (unpaired) electrons. The predicted molar refractivity (Wildman–Crippen MR) is 63.4 cm³/mol. The highest BCUT2D eigenvalue weighted by Crippen LogP contribution is 2.31. The van der Waals surface area contributed by atoms with Gasteiger partial charge in [0.1, 0.15) is 5.69 Å². The maximum atomic E-state index is 10.9. The van der Waals surface area contributed by atoms with Crippen LogP contribution in [0, 0.1) is 10.1 Å². The summed E-state index contributed by atoms with van der Waals surface area (Å²) in [7, 11) is 0. The molecular formula is C11H14N2O4. The summed E-state index contributed by atoms with van der Waals surface area (Å²) >= 11 is 0. The predicted octanol–water partition coefficient (Wildman–Crippen LogP) is 2.98. The monoisotopic (exact) mass is 238 g/mol. The molecule has 0 saturated heterocycles. The maximum Gasteiger partial charge on any atom is 0.409 e. The van der Waals surface area contributed by atoms with E-state index in [9.17, 15) is 14.9 Å².